The summed E-state index contributed by atoms with van der Waals surface area (Å²) in [4.78, 5) is 51.0. The van der Waals surface area contributed by atoms with E-state index in [2.05, 4.69) is 4.98 Å². The van der Waals surface area contributed by atoms with E-state index in [0.29, 0.717) is 0 Å². The predicted octanol–water partition coefficient (Wildman–Crippen LogP) is 2.16. The van der Waals surface area contributed by atoms with Crippen LogP contribution < -0.4 is 11.2 Å². The number of H-pyrrole nitrogens is 1. The number of carbonyl (C=O) groups excluding carboxylic acids is 2. The first-order valence-electron chi connectivity index (χ1n) is 10.4. The molecule has 10 heteroatoms. The smallest absolute Gasteiger partial charge is 0.338 e. The normalized spacial score (nSPS) is 21.7. The minimum Gasteiger partial charge on any atom is -0.459 e. The second-order valence-electron chi connectivity index (χ2n) is 7.69. The van der Waals surface area contributed by atoms with Crippen LogP contribution in [0.25, 0.3) is 0 Å². The number of benzene rings is 2. The molecule has 0 unspecified atom stereocenters. The molecule has 0 bridgehead atoms. The number of carbonyl (C=O) groups is 2. The third-order valence-electron chi connectivity index (χ3n) is 5.33. The summed E-state index contributed by atoms with van der Waals surface area (Å²) in [5, 5.41) is 0. The molecular formula is C24H21FN2O7. The van der Waals surface area contributed by atoms with Crippen LogP contribution in [0.2, 0.25) is 0 Å². The highest BCUT2D eigenvalue weighted by molar-refractivity contribution is 5.90. The van der Waals surface area contributed by atoms with Gasteiger partial charge in [0, 0.05) is 11.8 Å². The number of nitrogens with one attached hydrogen (secondary N) is 1. The number of aryl methyl sites for hydroxylation is 1. The molecule has 1 aliphatic heterocycles. The molecule has 4 rings (SSSR count). The van der Waals surface area contributed by atoms with E-state index in [1.807, 2.05) is 0 Å². The molecule has 3 aromatic rings. The fourth-order valence-electron chi connectivity index (χ4n) is 3.55. The fraction of sp³-hybridized carbons (Fsp3) is 0.250. The van der Waals surface area contributed by atoms with Gasteiger partial charge in [-0.05, 0) is 31.2 Å². The molecule has 9 nitrogen and oxygen atoms in total. The molecule has 0 amide bonds. The number of hydrogen-bond donors (Lipinski definition) is 1. The van der Waals surface area contributed by atoms with Crippen LogP contribution >= 0.6 is 0 Å². The summed E-state index contributed by atoms with van der Waals surface area (Å²) in [6.45, 7) is 1.01. The molecule has 176 valence electrons. The second-order valence-corrected chi connectivity index (χ2v) is 7.69. The molecule has 2 heterocycles. The molecule has 0 saturated carbocycles. The summed E-state index contributed by atoms with van der Waals surface area (Å²) >= 11 is 0. The summed E-state index contributed by atoms with van der Waals surface area (Å²) < 4.78 is 32.7. The van der Waals surface area contributed by atoms with Crippen molar-refractivity contribution in [3.05, 3.63) is 104 Å². The Hall–Kier alpha value is -4.05. The van der Waals surface area contributed by atoms with Crippen molar-refractivity contribution in [1.29, 1.82) is 0 Å². The number of ether oxygens (including phenoxy) is 3. The van der Waals surface area contributed by atoms with E-state index in [9.17, 15) is 19.2 Å². The zero-order valence-electron chi connectivity index (χ0n) is 18.1. The lowest BCUT2D eigenvalue weighted by Crippen LogP contribution is -2.38. The van der Waals surface area contributed by atoms with Crippen molar-refractivity contribution >= 4 is 11.9 Å². The molecule has 2 aromatic carbocycles. The van der Waals surface area contributed by atoms with Gasteiger partial charge in [0.2, 0.25) is 0 Å². The first-order valence-corrected chi connectivity index (χ1v) is 10.4. The molecule has 1 aliphatic rings. The van der Waals surface area contributed by atoms with Gasteiger partial charge in [-0.1, -0.05) is 36.4 Å². The van der Waals surface area contributed by atoms with Crippen LogP contribution in [0.15, 0.2) is 76.4 Å². The maximum atomic E-state index is 15.5. The lowest BCUT2D eigenvalue weighted by molar-refractivity contribution is -0.0592. The van der Waals surface area contributed by atoms with Crippen molar-refractivity contribution in [2.75, 3.05) is 6.61 Å². The van der Waals surface area contributed by atoms with Crippen molar-refractivity contribution in [2.24, 2.45) is 0 Å². The van der Waals surface area contributed by atoms with E-state index in [0.717, 1.165) is 10.8 Å². The topological polar surface area (TPSA) is 117 Å². The van der Waals surface area contributed by atoms with Gasteiger partial charge >= 0.3 is 17.6 Å². The molecule has 4 atom stereocenters. The van der Waals surface area contributed by atoms with Gasteiger partial charge in [-0.25, -0.2) is 18.8 Å². The number of esters is 2. The van der Waals surface area contributed by atoms with E-state index in [-0.39, 0.29) is 16.7 Å². The van der Waals surface area contributed by atoms with Gasteiger partial charge in [-0.15, -0.1) is 0 Å². The van der Waals surface area contributed by atoms with Crippen LogP contribution in [0, 0.1) is 6.92 Å². The van der Waals surface area contributed by atoms with Crippen LogP contribution in [-0.4, -0.2) is 46.5 Å². The number of nitrogens with zero attached hydrogens (tertiary/aromatic N) is 1. The molecule has 1 saturated heterocycles. The van der Waals surface area contributed by atoms with Crippen molar-refractivity contribution in [3.8, 4) is 0 Å². The lowest BCUT2D eigenvalue weighted by Gasteiger charge is -2.19. The number of halogens is 1. The molecule has 0 radical (unpaired) electrons. The van der Waals surface area contributed by atoms with Crippen LogP contribution in [0.5, 0.6) is 0 Å². The van der Waals surface area contributed by atoms with Gasteiger partial charge in [-0.2, -0.15) is 0 Å². The maximum absolute atomic E-state index is 15.5. The molecule has 34 heavy (non-hydrogen) atoms. The Bertz CT molecular complexity index is 1290. The molecule has 1 fully saturated rings. The van der Waals surface area contributed by atoms with Crippen molar-refractivity contribution in [2.45, 2.75) is 31.5 Å². The Balaban J connectivity index is 1.59. The number of hydrogen-bond acceptors (Lipinski definition) is 7. The Morgan fingerprint density at radius 1 is 1.00 bits per heavy atom. The van der Waals surface area contributed by atoms with Crippen LogP contribution in [0.3, 0.4) is 0 Å². The number of alkyl halides is 1. The minimum absolute atomic E-state index is 0.159. The first kappa shape index (κ1) is 23.1. The zero-order chi connectivity index (χ0) is 24.2. The second kappa shape index (κ2) is 9.84. The summed E-state index contributed by atoms with van der Waals surface area (Å²) in [6.07, 6.45) is -5.04. The average Bonchev–Trinajstić information content (AvgIpc) is 3.15. The fourth-order valence-corrected chi connectivity index (χ4v) is 3.55. The maximum Gasteiger partial charge on any atom is 0.338 e. The van der Waals surface area contributed by atoms with Crippen molar-refractivity contribution < 1.29 is 28.2 Å². The molecule has 1 N–H and O–H groups in total. The standard InChI is InChI=1S/C24H21FN2O7/c1-14-12-27(24(31)26-20(14)28)21-18(25)19(34-23(30)16-10-6-3-7-11-16)17(33-21)13-32-22(29)15-8-4-2-5-9-15/h2-12,17-19,21H,13H2,1H3,(H,26,28,31)/t17-,18+,19+,21-/m1/s1. The minimum atomic E-state index is -1.99. The summed E-state index contributed by atoms with van der Waals surface area (Å²) in [5.74, 6) is -1.48. The number of aromatic amines is 1. The van der Waals surface area contributed by atoms with E-state index in [1.54, 1.807) is 48.5 Å². The highest BCUT2D eigenvalue weighted by Crippen LogP contribution is 2.34. The molecule has 0 spiro atoms. The van der Waals surface area contributed by atoms with E-state index in [1.165, 1.54) is 19.1 Å². The van der Waals surface area contributed by atoms with Gasteiger partial charge in [0.25, 0.3) is 5.56 Å². The monoisotopic (exact) mass is 468 g/mol. The average molecular weight is 468 g/mol. The summed E-state index contributed by atoms with van der Waals surface area (Å²) in [6, 6.07) is 16.1. The Morgan fingerprint density at radius 2 is 1.59 bits per heavy atom. The van der Waals surface area contributed by atoms with Gasteiger partial charge < -0.3 is 14.2 Å². The quantitative estimate of drug-likeness (QED) is 0.551. The zero-order valence-corrected chi connectivity index (χ0v) is 18.1. The number of aromatic nitrogens is 2. The Kier molecular flexibility index (Phi) is 6.69. The van der Waals surface area contributed by atoms with Crippen LogP contribution in [-0.2, 0) is 14.2 Å². The molecule has 0 aliphatic carbocycles. The van der Waals surface area contributed by atoms with Gasteiger partial charge in [-0.3, -0.25) is 14.3 Å². The van der Waals surface area contributed by atoms with Crippen LogP contribution in [0.4, 0.5) is 4.39 Å². The third kappa shape index (κ3) is 4.81. The van der Waals surface area contributed by atoms with Crippen LogP contribution in [0.1, 0.15) is 32.5 Å². The van der Waals surface area contributed by atoms with E-state index < -0.39 is 54.4 Å². The molecular weight excluding hydrogens is 447 g/mol. The highest BCUT2D eigenvalue weighted by Gasteiger charge is 2.49. The van der Waals surface area contributed by atoms with Crippen molar-refractivity contribution in [1.82, 2.24) is 9.55 Å². The predicted molar refractivity (Wildman–Crippen MR) is 117 cm³/mol. The summed E-state index contributed by atoms with van der Waals surface area (Å²) in [5.41, 5.74) is -0.880. The van der Waals surface area contributed by atoms with E-state index in [4.69, 9.17) is 14.2 Å². The highest BCUT2D eigenvalue weighted by atomic mass is 19.1. The summed E-state index contributed by atoms with van der Waals surface area (Å²) in [7, 11) is 0. The van der Waals surface area contributed by atoms with Crippen molar-refractivity contribution in [3.63, 3.8) is 0 Å². The van der Waals surface area contributed by atoms with Gasteiger partial charge in [0.05, 0.1) is 11.1 Å². The van der Waals surface area contributed by atoms with Gasteiger partial charge in [0.15, 0.2) is 18.5 Å². The van der Waals surface area contributed by atoms with Gasteiger partial charge in [0.1, 0.15) is 12.7 Å². The first-order chi connectivity index (χ1) is 16.3. The Labute approximate surface area is 192 Å². The largest absolute Gasteiger partial charge is 0.459 e. The lowest BCUT2D eigenvalue weighted by atomic mass is 10.1. The number of rotatable bonds is 6. The SMILES string of the molecule is Cc1cn([C@@H]2O[C@H](COC(=O)c3ccccc3)[C@H](OC(=O)c3ccccc3)[C@@H]2F)c(=O)[nH]c1=O. The third-order valence-corrected chi connectivity index (χ3v) is 5.33. The molecule has 1 aromatic heterocycles. The Morgan fingerprint density at radius 3 is 2.21 bits per heavy atom. The van der Waals surface area contributed by atoms with E-state index >= 15 is 4.39 Å².